The zero-order chi connectivity index (χ0) is 23.1. The van der Waals surface area contributed by atoms with E-state index in [-0.39, 0.29) is 12.3 Å². The minimum Gasteiger partial charge on any atom is -0.468 e. The smallest absolute Gasteiger partial charge is 0.320 e. The van der Waals surface area contributed by atoms with E-state index < -0.39 is 17.9 Å². The van der Waals surface area contributed by atoms with Crippen molar-refractivity contribution in [2.24, 2.45) is 5.92 Å². The van der Waals surface area contributed by atoms with Crippen molar-refractivity contribution in [1.29, 1.82) is 0 Å². The number of ether oxygens (including phenoxy) is 2. The van der Waals surface area contributed by atoms with Crippen LogP contribution in [0, 0.1) is 5.92 Å². The maximum absolute atomic E-state index is 12.4. The third-order valence-corrected chi connectivity index (χ3v) is 5.75. The Morgan fingerprint density at radius 3 is 2.19 bits per heavy atom. The summed E-state index contributed by atoms with van der Waals surface area (Å²) in [5.74, 6) is -2.53. The highest BCUT2D eigenvalue weighted by molar-refractivity contribution is 5.95. The summed E-state index contributed by atoms with van der Waals surface area (Å²) in [6, 6.07) is 18.4. The highest BCUT2D eigenvalue weighted by atomic mass is 16.5. The van der Waals surface area contributed by atoms with Gasteiger partial charge in [-0.25, -0.2) is 0 Å². The van der Waals surface area contributed by atoms with Crippen molar-refractivity contribution in [3.05, 3.63) is 96.7 Å². The maximum Gasteiger partial charge on any atom is 0.320 e. The number of nitrogens with zero attached hydrogens (tertiary/aromatic N) is 1. The number of carbonyl (C=O) groups is 2. The maximum atomic E-state index is 12.4. The van der Waals surface area contributed by atoms with Gasteiger partial charge in [0.15, 0.2) is 5.92 Å². The molecule has 3 aromatic rings. The lowest BCUT2D eigenvalue weighted by molar-refractivity contribution is -0.159. The highest BCUT2D eigenvalue weighted by Gasteiger charge is 2.33. The van der Waals surface area contributed by atoms with Gasteiger partial charge >= 0.3 is 11.9 Å². The third-order valence-electron chi connectivity index (χ3n) is 5.75. The summed E-state index contributed by atoms with van der Waals surface area (Å²) in [4.78, 5) is 24.7. The van der Waals surface area contributed by atoms with E-state index in [0.29, 0.717) is 13.0 Å². The second kappa shape index (κ2) is 10.6. The zero-order valence-corrected chi connectivity index (χ0v) is 18.6. The Bertz CT molecular complexity index is 1100. The number of benzene rings is 2. The molecule has 1 aromatic heterocycles. The number of para-hydroxylation sites is 1. The number of fused-ring (bicyclic) bond motifs is 1. The molecule has 166 valence electrons. The molecule has 1 atom stereocenters. The van der Waals surface area contributed by atoms with Gasteiger partial charge < -0.3 is 14.0 Å². The van der Waals surface area contributed by atoms with Crippen molar-refractivity contribution >= 4 is 22.8 Å². The van der Waals surface area contributed by atoms with E-state index in [9.17, 15) is 9.59 Å². The van der Waals surface area contributed by atoms with E-state index in [4.69, 9.17) is 9.47 Å². The van der Waals surface area contributed by atoms with Gasteiger partial charge in [-0.05, 0) is 30.0 Å². The summed E-state index contributed by atoms with van der Waals surface area (Å²) in [5.41, 5.74) is 4.37. The summed E-state index contributed by atoms with van der Waals surface area (Å²) in [6.45, 7) is 8.63. The van der Waals surface area contributed by atoms with Crippen LogP contribution in [-0.2, 0) is 32.0 Å². The van der Waals surface area contributed by atoms with Crippen molar-refractivity contribution < 1.29 is 19.1 Å². The Balaban J connectivity index is 2.19. The van der Waals surface area contributed by atoms with Gasteiger partial charge in [-0.15, -0.1) is 13.2 Å². The molecule has 0 fully saturated rings. The number of hydrogen-bond acceptors (Lipinski definition) is 4. The number of esters is 2. The fourth-order valence-electron chi connectivity index (χ4n) is 4.26. The van der Waals surface area contributed by atoms with Gasteiger partial charge in [0, 0.05) is 29.1 Å². The zero-order valence-electron chi connectivity index (χ0n) is 18.6. The lowest BCUT2D eigenvalue weighted by Crippen LogP contribution is -2.28. The topological polar surface area (TPSA) is 57.5 Å². The van der Waals surface area contributed by atoms with Crippen LogP contribution in [0.1, 0.15) is 29.2 Å². The van der Waals surface area contributed by atoms with E-state index in [1.54, 1.807) is 6.08 Å². The van der Waals surface area contributed by atoms with Gasteiger partial charge in [0.2, 0.25) is 0 Å². The lowest BCUT2D eigenvalue weighted by Gasteiger charge is -2.22. The van der Waals surface area contributed by atoms with Gasteiger partial charge in [-0.3, -0.25) is 9.59 Å². The number of allylic oxidation sites excluding steroid dienone is 2. The molecule has 2 aromatic carbocycles. The first-order valence-electron chi connectivity index (χ1n) is 10.6. The van der Waals surface area contributed by atoms with Gasteiger partial charge in [0.1, 0.15) is 0 Å². The molecule has 5 heteroatoms. The van der Waals surface area contributed by atoms with Crippen LogP contribution in [-0.4, -0.2) is 30.7 Å². The predicted molar refractivity (Wildman–Crippen MR) is 126 cm³/mol. The molecule has 0 aliphatic rings. The standard InChI is InChI=1S/C27H29NO4/c1-5-12-22-21-15-10-11-16-24(21)28(18-19-13-8-7-9-14-19)25(22)20(6-2)17-23(26(29)31-3)27(30)32-4/h5-11,13-16,20,23H,1-2,12,17-18H2,3-4H3. The van der Waals surface area contributed by atoms with Crippen molar-refractivity contribution in [2.75, 3.05) is 14.2 Å². The lowest BCUT2D eigenvalue weighted by atomic mass is 9.88. The summed E-state index contributed by atoms with van der Waals surface area (Å²) >= 11 is 0. The molecule has 0 N–H and O–H groups in total. The van der Waals surface area contributed by atoms with Gasteiger partial charge in [-0.1, -0.05) is 60.7 Å². The summed E-state index contributed by atoms with van der Waals surface area (Å²) < 4.78 is 12.0. The molecule has 0 saturated carbocycles. The molecule has 0 aliphatic heterocycles. The Kier molecular flexibility index (Phi) is 7.66. The first kappa shape index (κ1) is 23.1. The Labute approximate surface area is 189 Å². The van der Waals surface area contributed by atoms with Gasteiger partial charge in [0.05, 0.1) is 14.2 Å². The van der Waals surface area contributed by atoms with E-state index in [0.717, 1.165) is 27.7 Å². The van der Waals surface area contributed by atoms with Gasteiger partial charge in [0.25, 0.3) is 0 Å². The largest absolute Gasteiger partial charge is 0.468 e. The molecule has 0 bridgehead atoms. The van der Waals surface area contributed by atoms with Crippen molar-refractivity contribution in [3.63, 3.8) is 0 Å². The van der Waals surface area contributed by atoms with Gasteiger partial charge in [-0.2, -0.15) is 0 Å². The van der Waals surface area contributed by atoms with Crippen molar-refractivity contribution in [2.45, 2.75) is 25.3 Å². The second-order valence-electron chi connectivity index (χ2n) is 7.62. The first-order valence-corrected chi connectivity index (χ1v) is 10.6. The fourth-order valence-corrected chi connectivity index (χ4v) is 4.26. The molecule has 0 spiro atoms. The van der Waals surface area contributed by atoms with Crippen molar-refractivity contribution in [1.82, 2.24) is 4.57 Å². The van der Waals surface area contributed by atoms with Crippen LogP contribution < -0.4 is 0 Å². The fraction of sp³-hybridized carbons (Fsp3) is 0.259. The Morgan fingerprint density at radius 1 is 0.969 bits per heavy atom. The van der Waals surface area contributed by atoms with E-state index in [1.807, 2.05) is 36.4 Å². The number of methoxy groups -OCH3 is 2. The number of carbonyl (C=O) groups excluding carboxylic acids is 2. The van der Waals surface area contributed by atoms with Crippen molar-refractivity contribution in [3.8, 4) is 0 Å². The quantitative estimate of drug-likeness (QED) is 0.256. The number of rotatable bonds is 10. The molecular formula is C27H29NO4. The first-order chi connectivity index (χ1) is 15.5. The highest BCUT2D eigenvalue weighted by Crippen LogP contribution is 2.36. The average Bonchev–Trinajstić information content (AvgIpc) is 3.13. The van der Waals surface area contributed by atoms with Crippen LogP contribution in [0.25, 0.3) is 10.9 Å². The van der Waals surface area contributed by atoms with Crippen LogP contribution in [0.3, 0.4) is 0 Å². The molecule has 0 aliphatic carbocycles. The van der Waals surface area contributed by atoms with Crippen LogP contribution in [0.5, 0.6) is 0 Å². The number of hydrogen-bond donors (Lipinski definition) is 0. The SMILES string of the molecule is C=CCc1c(C(C=C)CC(C(=O)OC)C(=O)OC)n(Cc2ccccc2)c2ccccc12. The van der Waals surface area contributed by atoms with E-state index >= 15 is 0 Å². The molecule has 32 heavy (non-hydrogen) atoms. The van der Waals surface area contributed by atoms with Crippen LogP contribution in [0.2, 0.25) is 0 Å². The van der Waals surface area contributed by atoms with Crippen LogP contribution in [0.4, 0.5) is 0 Å². The average molecular weight is 432 g/mol. The Morgan fingerprint density at radius 2 is 1.59 bits per heavy atom. The number of aromatic nitrogens is 1. The molecule has 0 saturated heterocycles. The second-order valence-corrected chi connectivity index (χ2v) is 7.62. The normalized spacial score (nSPS) is 11.8. The van der Waals surface area contributed by atoms with E-state index in [1.165, 1.54) is 14.2 Å². The third kappa shape index (κ3) is 4.67. The van der Waals surface area contributed by atoms with E-state index in [2.05, 4.69) is 42.0 Å². The summed E-state index contributed by atoms with van der Waals surface area (Å²) in [5, 5.41) is 1.12. The molecule has 5 nitrogen and oxygen atoms in total. The van der Waals surface area contributed by atoms with Crippen LogP contribution in [0.15, 0.2) is 79.9 Å². The summed E-state index contributed by atoms with van der Waals surface area (Å²) in [7, 11) is 2.55. The predicted octanol–water partition coefficient (Wildman–Crippen LogP) is 5.04. The molecule has 1 unspecified atom stereocenters. The minimum atomic E-state index is -1.03. The molecule has 1 heterocycles. The molecule has 3 rings (SSSR count). The molecular weight excluding hydrogens is 402 g/mol. The van der Waals surface area contributed by atoms with Crippen LogP contribution >= 0.6 is 0 Å². The minimum absolute atomic E-state index is 0.206. The Hall–Kier alpha value is -3.60. The molecule has 0 amide bonds. The summed E-state index contributed by atoms with van der Waals surface area (Å²) in [6.07, 6.45) is 4.53. The molecule has 0 radical (unpaired) electrons. The monoisotopic (exact) mass is 431 g/mol.